The summed E-state index contributed by atoms with van der Waals surface area (Å²) in [6, 6.07) is 1.07. The first kappa shape index (κ1) is 25.4. The summed E-state index contributed by atoms with van der Waals surface area (Å²) >= 11 is 5.50. The van der Waals surface area contributed by atoms with Crippen LogP contribution in [0.4, 0.5) is 5.13 Å². The standard InChI is InChI=1S/C21H19N7O5S4/c1-27-4-3-12-10(5-27)24-21(37-12)36-7-9-6-34-18-14(17(30)28(18)15(9)19(31)32)25-16(29)13(26-33-2)11-8-35-20(22)23-11/h3-5,8,14,18H,6-7H2,1-2H3,(H3-,22,23,25,29,31,32)/p+1/b26-13+. The maximum Gasteiger partial charge on any atom is 0.352 e. The van der Waals surface area contributed by atoms with Crippen LogP contribution in [-0.2, 0) is 26.3 Å². The number of aliphatic carboxylic acids is 1. The van der Waals surface area contributed by atoms with Gasteiger partial charge in [-0.1, -0.05) is 16.9 Å². The van der Waals surface area contributed by atoms with Crippen molar-refractivity contribution in [2.75, 3.05) is 24.3 Å². The Kier molecular flexibility index (Phi) is 7.06. The van der Waals surface area contributed by atoms with Gasteiger partial charge in [0.1, 0.15) is 42.5 Å². The number of carboxylic acid groups (broad SMARTS) is 1. The third-order valence-electron chi connectivity index (χ3n) is 5.52. The third kappa shape index (κ3) is 4.88. The smallest absolute Gasteiger partial charge is 0.352 e. The number of oxime groups is 1. The Morgan fingerprint density at radius 1 is 1.43 bits per heavy atom. The number of aromatic nitrogens is 3. The molecule has 0 spiro atoms. The Labute approximate surface area is 226 Å². The van der Waals surface area contributed by atoms with Crippen molar-refractivity contribution < 1.29 is 28.9 Å². The molecule has 0 aliphatic carbocycles. The molecule has 2 amide bonds. The number of amides is 2. The van der Waals surface area contributed by atoms with Gasteiger partial charge in [-0.05, 0) is 5.57 Å². The van der Waals surface area contributed by atoms with Crippen molar-refractivity contribution in [1.82, 2.24) is 20.2 Å². The van der Waals surface area contributed by atoms with Gasteiger partial charge in [-0.25, -0.2) is 19.3 Å². The second kappa shape index (κ2) is 10.3. The van der Waals surface area contributed by atoms with Crippen LogP contribution in [-0.4, -0.2) is 73.5 Å². The van der Waals surface area contributed by atoms with Gasteiger partial charge in [0.25, 0.3) is 11.8 Å². The third-order valence-corrected chi connectivity index (χ3v) is 9.80. The Hall–Kier alpha value is -3.21. The van der Waals surface area contributed by atoms with E-state index in [1.165, 1.54) is 46.9 Å². The lowest BCUT2D eigenvalue weighted by Crippen LogP contribution is -2.71. The summed E-state index contributed by atoms with van der Waals surface area (Å²) in [5.74, 6) is -1.58. The van der Waals surface area contributed by atoms with Crippen molar-refractivity contribution in [3.05, 3.63) is 40.8 Å². The first-order valence-corrected chi connectivity index (χ1v) is 14.4. The van der Waals surface area contributed by atoms with E-state index < -0.39 is 29.2 Å². The molecule has 2 aliphatic rings. The number of anilines is 1. The largest absolute Gasteiger partial charge is 0.477 e. The van der Waals surface area contributed by atoms with Crippen molar-refractivity contribution in [1.29, 1.82) is 0 Å². The molecule has 1 saturated heterocycles. The average Bonchev–Trinajstić information content (AvgIpc) is 3.48. The molecule has 2 unspecified atom stereocenters. The van der Waals surface area contributed by atoms with Crippen molar-refractivity contribution in [2.24, 2.45) is 12.2 Å². The Balaban J connectivity index is 1.31. The topological polar surface area (TPSA) is 164 Å². The van der Waals surface area contributed by atoms with Crippen LogP contribution in [0.2, 0.25) is 0 Å². The van der Waals surface area contributed by atoms with Crippen LogP contribution in [0, 0.1) is 0 Å². The molecule has 4 N–H and O–H groups in total. The summed E-state index contributed by atoms with van der Waals surface area (Å²) in [5.41, 5.74) is 7.20. The zero-order chi connectivity index (χ0) is 26.3. The lowest BCUT2D eigenvalue weighted by atomic mass is 10.0. The normalized spacial score (nSPS) is 19.6. The highest BCUT2D eigenvalue weighted by Gasteiger charge is 2.54. The molecule has 16 heteroatoms. The van der Waals surface area contributed by atoms with Crippen LogP contribution in [0.5, 0.6) is 0 Å². The summed E-state index contributed by atoms with van der Waals surface area (Å²) in [4.78, 5) is 52.7. The van der Waals surface area contributed by atoms with E-state index in [9.17, 15) is 19.5 Å². The zero-order valence-corrected chi connectivity index (χ0v) is 22.7. The van der Waals surface area contributed by atoms with Gasteiger partial charge in [-0.3, -0.25) is 14.5 Å². The number of β-lactam (4-membered cyclic amide) rings is 1. The van der Waals surface area contributed by atoms with Crippen molar-refractivity contribution >= 4 is 85.0 Å². The van der Waals surface area contributed by atoms with Gasteiger partial charge in [-0.15, -0.1) is 34.4 Å². The molecule has 1 fully saturated rings. The number of aryl methyl sites for hydroxylation is 1. The van der Waals surface area contributed by atoms with E-state index in [2.05, 4.69) is 20.4 Å². The van der Waals surface area contributed by atoms with E-state index in [0.717, 1.165) is 25.9 Å². The van der Waals surface area contributed by atoms with Gasteiger partial charge in [-0.2, -0.15) is 0 Å². The van der Waals surface area contributed by atoms with Crippen LogP contribution in [0.25, 0.3) is 10.2 Å². The number of thiazole rings is 2. The van der Waals surface area contributed by atoms with E-state index in [1.54, 1.807) is 5.38 Å². The molecular formula is C21H20N7O5S4+. The molecule has 37 heavy (non-hydrogen) atoms. The predicted octanol–water partition coefficient (Wildman–Crippen LogP) is 1.04. The van der Waals surface area contributed by atoms with Gasteiger partial charge < -0.3 is 21.0 Å². The maximum atomic E-state index is 13.0. The molecule has 5 heterocycles. The SMILES string of the molecule is CO/N=C(/C(=O)NC1C(=O)N2C(C(=O)O)=C(CSc3nc4c[n+](C)ccc4s3)CSC12)c1csc(N)n1. The first-order valence-electron chi connectivity index (χ1n) is 10.7. The van der Waals surface area contributed by atoms with E-state index in [0.29, 0.717) is 17.1 Å². The molecule has 192 valence electrons. The number of nitrogens with two attached hydrogens (primary N) is 1. The number of fused-ring (bicyclic) bond motifs is 2. The molecular weight excluding hydrogens is 559 g/mol. The van der Waals surface area contributed by atoms with E-state index in [4.69, 9.17) is 10.6 Å². The van der Waals surface area contributed by atoms with Crippen molar-refractivity contribution in [3.8, 4) is 0 Å². The molecule has 5 rings (SSSR count). The number of hydrogen-bond acceptors (Lipinski definition) is 12. The summed E-state index contributed by atoms with van der Waals surface area (Å²) in [5, 5.41) is 17.6. The fourth-order valence-corrected chi connectivity index (χ4v) is 7.93. The molecule has 2 atom stereocenters. The van der Waals surface area contributed by atoms with Gasteiger partial charge in [0.15, 0.2) is 27.6 Å². The summed E-state index contributed by atoms with van der Waals surface area (Å²) in [6.07, 6.45) is 3.87. The Morgan fingerprint density at radius 2 is 2.24 bits per heavy atom. The monoisotopic (exact) mass is 578 g/mol. The number of carboxylic acids is 1. The number of rotatable bonds is 8. The average molecular weight is 579 g/mol. The fourth-order valence-electron chi connectivity index (χ4n) is 3.86. The van der Waals surface area contributed by atoms with Crippen LogP contribution < -0.4 is 15.6 Å². The molecule has 0 saturated carbocycles. The van der Waals surface area contributed by atoms with Crippen LogP contribution in [0.1, 0.15) is 5.69 Å². The van der Waals surface area contributed by atoms with Crippen molar-refractivity contribution in [2.45, 2.75) is 15.8 Å². The number of carbonyl (C=O) groups is 3. The number of nitrogens with one attached hydrogen (secondary N) is 1. The summed E-state index contributed by atoms with van der Waals surface area (Å²) in [6.45, 7) is 0. The molecule has 0 aromatic carbocycles. The molecule has 0 radical (unpaired) electrons. The second-order valence-corrected chi connectivity index (χ2v) is 12.2. The van der Waals surface area contributed by atoms with E-state index in [-0.39, 0.29) is 22.2 Å². The number of hydrogen-bond donors (Lipinski definition) is 3. The predicted molar refractivity (Wildman–Crippen MR) is 141 cm³/mol. The van der Waals surface area contributed by atoms with Gasteiger partial charge >= 0.3 is 5.97 Å². The van der Waals surface area contributed by atoms with Crippen molar-refractivity contribution in [3.63, 3.8) is 0 Å². The Morgan fingerprint density at radius 3 is 2.95 bits per heavy atom. The number of carbonyl (C=O) groups excluding carboxylic acids is 2. The highest BCUT2D eigenvalue weighted by Crippen LogP contribution is 2.42. The fraction of sp³-hybridized carbons (Fsp3) is 0.286. The van der Waals surface area contributed by atoms with E-state index >= 15 is 0 Å². The lowest BCUT2D eigenvalue weighted by Gasteiger charge is -2.49. The van der Waals surface area contributed by atoms with E-state index in [1.807, 2.05) is 30.1 Å². The zero-order valence-electron chi connectivity index (χ0n) is 19.4. The number of pyridine rings is 1. The lowest BCUT2D eigenvalue weighted by molar-refractivity contribution is -0.670. The summed E-state index contributed by atoms with van der Waals surface area (Å²) < 4.78 is 3.78. The van der Waals surface area contributed by atoms with Crippen LogP contribution >= 0.6 is 46.2 Å². The molecule has 12 nitrogen and oxygen atoms in total. The number of nitrogen functional groups attached to an aromatic ring is 1. The minimum atomic E-state index is -1.19. The second-order valence-electron chi connectivity index (χ2n) is 7.94. The maximum absolute atomic E-state index is 13.0. The summed E-state index contributed by atoms with van der Waals surface area (Å²) in [7, 11) is 3.21. The number of thioether (sulfide) groups is 2. The van der Waals surface area contributed by atoms with Crippen LogP contribution in [0.3, 0.4) is 0 Å². The van der Waals surface area contributed by atoms with Crippen LogP contribution in [0.15, 0.2) is 44.6 Å². The molecule has 3 aromatic heterocycles. The van der Waals surface area contributed by atoms with Gasteiger partial charge in [0, 0.05) is 23.0 Å². The minimum Gasteiger partial charge on any atom is -0.477 e. The highest BCUT2D eigenvalue weighted by atomic mass is 32.2. The Bertz CT molecular complexity index is 1480. The molecule has 2 aliphatic heterocycles. The molecule has 3 aromatic rings. The minimum absolute atomic E-state index is 0.0442. The van der Waals surface area contributed by atoms with Gasteiger partial charge in [0.05, 0.1) is 4.70 Å². The quantitative estimate of drug-likeness (QED) is 0.116. The first-order chi connectivity index (χ1) is 17.8. The highest BCUT2D eigenvalue weighted by molar-refractivity contribution is 8.02. The molecule has 0 bridgehead atoms. The van der Waals surface area contributed by atoms with Gasteiger partial charge in [0.2, 0.25) is 0 Å². The number of nitrogens with zero attached hydrogens (tertiary/aromatic N) is 5.